The highest BCUT2D eigenvalue weighted by atomic mass is 15.2. The van der Waals surface area contributed by atoms with Crippen LogP contribution in [0, 0.1) is 20.8 Å². The molecule has 0 saturated carbocycles. The van der Waals surface area contributed by atoms with Crippen LogP contribution >= 0.6 is 0 Å². The first kappa shape index (κ1) is 18.3. The van der Waals surface area contributed by atoms with Crippen molar-refractivity contribution >= 4 is 28.8 Å². The van der Waals surface area contributed by atoms with Crippen molar-refractivity contribution < 1.29 is 0 Å². The number of nitrogens with one attached hydrogen (secondary N) is 2. The number of aromatic nitrogens is 2. The smallest absolute Gasteiger partial charge is 0.229 e. The molecule has 2 N–H and O–H groups in total. The van der Waals surface area contributed by atoms with E-state index in [1.165, 1.54) is 29.7 Å². The lowest BCUT2D eigenvalue weighted by molar-refractivity contribution is 0.949. The first-order valence-corrected chi connectivity index (χ1v) is 9.89. The summed E-state index contributed by atoms with van der Waals surface area (Å²) in [5, 5.41) is 6.76. The molecule has 1 aromatic heterocycles. The lowest BCUT2D eigenvalue weighted by Gasteiger charge is -2.18. The van der Waals surface area contributed by atoms with Crippen LogP contribution in [0.4, 0.5) is 28.8 Å². The highest BCUT2D eigenvalue weighted by Crippen LogP contribution is 2.25. The highest BCUT2D eigenvalue weighted by molar-refractivity contribution is 5.64. The van der Waals surface area contributed by atoms with Crippen LogP contribution in [-0.2, 0) is 0 Å². The Hall–Kier alpha value is -3.08. The molecule has 144 valence electrons. The number of benzene rings is 2. The van der Waals surface area contributed by atoms with E-state index in [-0.39, 0.29) is 0 Å². The summed E-state index contributed by atoms with van der Waals surface area (Å²) in [5.41, 5.74) is 6.74. The van der Waals surface area contributed by atoms with E-state index in [2.05, 4.69) is 81.8 Å². The van der Waals surface area contributed by atoms with Gasteiger partial charge in [-0.2, -0.15) is 4.98 Å². The predicted octanol–water partition coefficient (Wildman–Crippen LogP) is 5.49. The number of hydrogen-bond donors (Lipinski definition) is 2. The van der Waals surface area contributed by atoms with Crippen molar-refractivity contribution in [2.24, 2.45) is 0 Å². The quantitative estimate of drug-likeness (QED) is 0.619. The maximum atomic E-state index is 4.65. The number of nitrogens with zero attached hydrogens (tertiary/aromatic N) is 3. The van der Waals surface area contributed by atoms with Crippen molar-refractivity contribution in [1.29, 1.82) is 0 Å². The summed E-state index contributed by atoms with van der Waals surface area (Å²) in [6.07, 6.45) is 2.57. The predicted molar refractivity (Wildman–Crippen MR) is 117 cm³/mol. The van der Waals surface area contributed by atoms with E-state index in [0.717, 1.165) is 36.0 Å². The van der Waals surface area contributed by atoms with Crippen molar-refractivity contribution in [1.82, 2.24) is 9.97 Å². The van der Waals surface area contributed by atoms with Gasteiger partial charge in [-0.3, -0.25) is 0 Å². The van der Waals surface area contributed by atoms with Gasteiger partial charge in [0.2, 0.25) is 5.95 Å². The molecule has 0 amide bonds. The van der Waals surface area contributed by atoms with Crippen LogP contribution in [0.15, 0.2) is 48.5 Å². The van der Waals surface area contributed by atoms with Gasteiger partial charge in [-0.05, 0) is 75.1 Å². The summed E-state index contributed by atoms with van der Waals surface area (Å²) in [6.45, 7) is 8.53. The molecule has 1 aliphatic heterocycles. The molecule has 1 fully saturated rings. The Morgan fingerprint density at radius 3 is 2.36 bits per heavy atom. The topological polar surface area (TPSA) is 53.1 Å². The molecule has 0 bridgehead atoms. The van der Waals surface area contributed by atoms with Crippen LogP contribution in [0.1, 0.15) is 29.7 Å². The minimum atomic E-state index is 0.599. The van der Waals surface area contributed by atoms with E-state index in [0.29, 0.717) is 5.95 Å². The van der Waals surface area contributed by atoms with E-state index in [1.807, 2.05) is 13.0 Å². The molecular weight excluding hydrogens is 346 g/mol. The molecule has 0 radical (unpaired) electrons. The van der Waals surface area contributed by atoms with Crippen molar-refractivity contribution in [3.63, 3.8) is 0 Å². The first-order valence-electron chi connectivity index (χ1n) is 9.89. The van der Waals surface area contributed by atoms with Crippen molar-refractivity contribution in [3.8, 4) is 0 Å². The van der Waals surface area contributed by atoms with Gasteiger partial charge < -0.3 is 15.5 Å². The third kappa shape index (κ3) is 4.09. The van der Waals surface area contributed by atoms with E-state index < -0.39 is 0 Å². The molecule has 3 aromatic rings. The fourth-order valence-electron chi connectivity index (χ4n) is 3.57. The Kier molecular flexibility index (Phi) is 5.15. The lowest BCUT2D eigenvalue weighted by atomic mass is 10.1. The van der Waals surface area contributed by atoms with Crippen LogP contribution < -0.4 is 15.5 Å². The van der Waals surface area contributed by atoms with Gasteiger partial charge in [-0.15, -0.1) is 0 Å². The summed E-state index contributed by atoms with van der Waals surface area (Å²) in [4.78, 5) is 11.6. The van der Waals surface area contributed by atoms with Gasteiger partial charge in [0.15, 0.2) is 0 Å². The fourth-order valence-corrected chi connectivity index (χ4v) is 3.57. The molecule has 5 heteroatoms. The zero-order chi connectivity index (χ0) is 19.5. The largest absolute Gasteiger partial charge is 0.372 e. The summed E-state index contributed by atoms with van der Waals surface area (Å²) < 4.78 is 0. The average molecular weight is 374 g/mol. The van der Waals surface area contributed by atoms with Gasteiger partial charge in [-0.25, -0.2) is 4.98 Å². The molecule has 4 rings (SSSR count). The second-order valence-corrected chi connectivity index (χ2v) is 7.46. The monoisotopic (exact) mass is 373 g/mol. The van der Waals surface area contributed by atoms with Crippen molar-refractivity contribution in [2.75, 3.05) is 28.6 Å². The molecule has 1 aliphatic rings. The van der Waals surface area contributed by atoms with E-state index in [1.54, 1.807) is 0 Å². The molecule has 2 heterocycles. The van der Waals surface area contributed by atoms with Crippen LogP contribution in [0.25, 0.3) is 0 Å². The van der Waals surface area contributed by atoms with Gasteiger partial charge in [0, 0.05) is 41.9 Å². The second-order valence-electron chi connectivity index (χ2n) is 7.46. The normalized spacial score (nSPS) is 13.6. The Bertz CT molecular complexity index is 959. The third-order valence-electron chi connectivity index (χ3n) is 5.32. The van der Waals surface area contributed by atoms with Crippen LogP contribution in [0.3, 0.4) is 0 Å². The maximum Gasteiger partial charge on any atom is 0.229 e. The van der Waals surface area contributed by atoms with Gasteiger partial charge in [0.1, 0.15) is 5.82 Å². The van der Waals surface area contributed by atoms with Crippen LogP contribution in [0.5, 0.6) is 0 Å². The Morgan fingerprint density at radius 2 is 1.61 bits per heavy atom. The molecule has 0 unspecified atom stereocenters. The number of rotatable bonds is 5. The van der Waals surface area contributed by atoms with Crippen LogP contribution in [0.2, 0.25) is 0 Å². The number of hydrogen-bond acceptors (Lipinski definition) is 5. The number of aryl methyl sites for hydroxylation is 2. The van der Waals surface area contributed by atoms with Crippen LogP contribution in [-0.4, -0.2) is 23.1 Å². The maximum absolute atomic E-state index is 4.65. The second kappa shape index (κ2) is 7.89. The lowest BCUT2D eigenvalue weighted by Crippen LogP contribution is -2.17. The molecule has 5 nitrogen and oxygen atoms in total. The minimum Gasteiger partial charge on any atom is -0.372 e. The summed E-state index contributed by atoms with van der Waals surface area (Å²) in [5.74, 6) is 1.39. The van der Waals surface area contributed by atoms with Gasteiger partial charge in [-0.1, -0.05) is 12.1 Å². The summed E-state index contributed by atoms with van der Waals surface area (Å²) in [7, 11) is 0. The zero-order valence-electron chi connectivity index (χ0n) is 16.8. The molecule has 0 aliphatic carbocycles. The average Bonchev–Trinajstić information content (AvgIpc) is 3.20. The molecule has 1 saturated heterocycles. The Labute approximate surface area is 166 Å². The zero-order valence-corrected chi connectivity index (χ0v) is 16.8. The third-order valence-corrected chi connectivity index (χ3v) is 5.32. The van der Waals surface area contributed by atoms with E-state index in [9.17, 15) is 0 Å². The molecule has 2 aromatic carbocycles. The fraction of sp³-hybridized carbons (Fsp3) is 0.304. The van der Waals surface area contributed by atoms with Gasteiger partial charge in [0.05, 0.1) is 0 Å². The van der Waals surface area contributed by atoms with E-state index >= 15 is 0 Å². The van der Waals surface area contributed by atoms with Gasteiger partial charge in [0.25, 0.3) is 0 Å². The first-order chi connectivity index (χ1) is 13.6. The Morgan fingerprint density at radius 1 is 0.857 bits per heavy atom. The molecule has 0 atom stereocenters. The molecular formula is C23H27N5. The highest BCUT2D eigenvalue weighted by Gasteiger charge is 2.12. The van der Waals surface area contributed by atoms with Gasteiger partial charge >= 0.3 is 0 Å². The summed E-state index contributed by atoms with van der Waals surface area (Å²) in [6, 6.07) is 16.7. The van der Waals surface area contributed by atoms with Crippen molar-refractivity contribution in [3.05, 3.63) is 65.4 Å². The standard InChI is InChI=1S/C23H27N5/c1-16-7-6-8-21(18(16)3)26-22-15-17(2)24-23(27-22)25-19-9-11-20(12-10-19)28-13-4-5-14-28/h6-12,15H,4-5,13-14H2,1-3H3,(H2,24,25,26,27). The SMILES string of the molecule is Cc1cc(Nc2cccc(C)c2C)nc(Nc2ccc(N3CCCC3)cc2)n1. The molecule has 0 spiro atoms. The Balaban J connectivity index is 1.51. The summed E-state index contributed by atoms with van der Waals surface area (Å²) >= 11 is 0. The van der Waals surface area contributed by atoms with E-state index in [4.69, 9.17) is 0 Å². The minimum absolute atomic E-state index is 0.599. The van der Waals surface area contributed by atoms with Crippen molar-refractivity contribution in [2.45, 2.75) is 33.6 Å². The number of anilines is 5. The molecule has 28 heavy (non-hydrogen) atoms.